The van der Waals surface area contributed by atoms with Gasteiger partial charge in [0.2, 0.25) is 0 Å². The lowest BCUT2D eigenvalue weighted by atomic mass is 9.85. The van der Waals surface area contributed by atoms with Crippen LogP contribution in [0.2, 0.25) is 5.02 Å². The van der Waals surface area contributed by atoms with E-state index in [0.29, 0.717) is 11.8 Å². The van der Waals surface area contributed by atoms with Crippen LogP contribution in [-0.2, 0) is 4.84 Å². The van der Waals surface area contributed by atoms with E-state index in [9.17, 15) is 0 Å². The molecule has 1 heterocycles. The Bertz CT molecular complexity index is 454. The van der Waals surface area contributed by atoms with E-state index in [2.05, 4.69) is 12.1 Å². The molecular formula is C15H18ClNO. The summed E-state index contributed by atoms with van der Waals surface area (Å²) in [4.78, 5) is 5.70. The summed E-state index contributed by atoms with van der Waals surface area (Å²) in [7, 11) is 0. The van der Waals surface area contributed by atoms with Gasteiger partial charge in [0.25, 0.3) is 0 Å². The third-order valence-electron chi connectivity index (χ3n) is 4.15. The monoisotopic (exact) mass is 263 g/mol. The average Bonchev–Trinajstić information content (AvgIpc) is 2.71. The second-order valence-corrected chi connectivity index (χ2v) is 5.86. The van der Waals surface area contributed by atoms with Gasteiger partial charge in [0, 0.05) is 10.9 Å². The van der Waals surface area contributed by atoms with Crippen molar-refractivity contribution in [2.24, 2.45) is 17.0 Å². The second-order valence-electron chi connectivity index (χ2n) is 5.42. The normalized spacial score (nSPS) is 31.2. The Labute approximate surface area is 113 Å². The molecule has 0 radical (unpaired) electrons. The zero-order chi connectivity index (χ0) is 12.5. The standard InChI is InChI=1S/C15H18ClNO/c1-10-4-2-3-5-13-14(17-18-15(10)13)11-6-8-12(16)9-7-11/h6-10,13,15H,2-5H2,1H3. The van der Waals surface area contributed by atoms with E-state index in [0.717, 1.165) is 16.3 Å². The average molecular weight is 264 g/mol. The minimum atomic E-state index is 0.276. The Kier molecular flexibility index (Phi) is 3.29. The Morgan fingerprint density at radius 2 is 1.89 bits per heavy atom. The first-order valence-corrected chi connectivity index (χ1v) is 7.13. The Balaban J connectivity index is 1.87. The van der Waals surface area contributed by atoms with Crippen LogP contribution in [-0.4, -0.2) is 11.8 Å². The summed E-state index contributed by atoms with van der Waals surface area (Å²) in [6.45, 7) is 2.28. The molecule has 3 unspecified atom stereocenters. The molecule has 2 nitrogen and oxygen atoms in total. The van der Waals surface area contributed by atoms with Crippen molar-refractivity contribution in [3.05, 3.63) is 34.9 Å². The minimum absolute atomic E-state index is 0.276. The molecule has 0 N–H and O–H groups in total. The van der Waals surface area contributed by atoms with Crippen molar-refractivity contribution in [2.45, 2.75) is 38.7 Å². The summed E-state index contributed by atoms with van der Waals surface area (Å²) < 4.78 is 0. The van der Waals surface area contributed by atoms with Crippen LogP contribution in [0.5, 0.6) is 0 Å². The third kappa shape index (κ3) is 2.14. The maximum absolute atomic E-state index is 5.93. The molecule has 0 aromatic heterocycles. The van der Waals surface area contributed by atoms with Gasteiger partial charge in [-0.05, 0) is 36.5 Å². The summed E-state index contributed by atoms with van der Waals surface area (Å²) in [5.41, 5.74) is 2.27. The number of halogens is 1. The zero-order valence-corrected chi connectivity index (χ0v) is 11.4. The highest BCUT2D eigenvalue weighted by Crippen LogP contribution is 2.36. The van der Waals surface area contributed by atoms with Crippen molar-refractivity contribution in [1.82, 2.24) is 0 Å². The van der Waals surface area contributed by atoms with E-state index in [4.69, 9.17) is 16.4 Å². The number of hydrogen-bond donors (Lipinski definition) is 0. The Morgan fingerprint density at radius 1 is 1.17 bits per heavy atom. The number of benzene rings is 1. The molecule has 1 saturated carbocycles. The summed E-state index contributed by atoms with van der Waals surface area (Å²) in [6.07, 6.45) is 5.31. The first kappa shape index (κ1) is 12.0. The zero-order valence-electron chi connectivity index (χ0n) is 10.6. The van der Waals surface area contributed by atoms with Crippen LogP contribution in [0.3, 0.4) is 0 Å². The lowest BCUT2D eigenvalue weighted by Gasteiger charge is -2.20. The molecule has 3 heteroatoms. The highest BCUT2D eigenvalue weighted by molar-refractivity contribution is 6.30. The lowest BCUT2D eigenvalue weighted by Crippen LogP contribution is -2.28. The predicted octanol–water partition coefficient (Wildman–Crippen LogP) is 4.27. The van der Waals surface area contributed by atoms with Crippen molar-refractivity contribution in [3.63, 3.8) is 0 Å². The van der Waals surface area contributed by atoms with Gasteiger partial charge in [-0.2, -0.15) is 0 Å². The smallest absolute Gasteiger partial charge is 0.138 e. The van der Waals surface area contributed by atoms with Gasteiger partial charge in [0.05, 0.1) is 5.71 Å². The SMILES string of the molecule is CC1CCCCC2C(c3ccc(Cl)cc3)=NOC12. The fraction of sp³-hybridized carbons (Fsp3) is 0.533. The molecule has 3 atom stereocenters. The fourth-order valence-electron chi connectivity index (χ4n) is 3.10. The van der Waals surface area contributed by atoms with Crippen LogP contribution < -0.4 is 0 Å². The summed E-state index contributed by atoms with van der Waals surface area (Å²) in [5.74, 6) is 1.06. The van der Waals surface area contributed by atoms with Gasteiger partial charge in [-0.15, -0.1) is 0 Å². The Morgan fingerprint density at radius 3 is 2.67 bits per heavy atom. The van der Waals surface area contributed by atoms with Gasteiger partial charge < -0.3 is 4.84 Å². The van der Waals surface area contributed by atoms with Gasteiger partial charge in [-0.25, -0.2) is 0 Å². The van der Waals surface area contributed by atoms with Crippen LogP contribution in [0.1, 0.15) is 38.2 Å². The largest absolute Gasteiger partial charge is 0.391 e. The maximum atomic E-state index is 5.93. The summed E-state index contributed by atoms with van der Waals surface area (Å²) in [5, 5.41) is 5.11. The quantitative estimate of drug-likeness (QED) is 0.742. The first-order chi connectivity index (χ1) is 8.75. The molecule has 1 fully saturated rings. The van der Waals surface area contributed by atoms with Crippen LogP contribution in [0.25, 0.3) is 0 Å². The number of rotatable bonds is 1. The molecule has 96 valence electrons. The molecule has 0 saturated heterocycles. The van der Waals surface area contributed by atoms with Gasteiger partial charge in [0.15, 0.2) is 0 Å². The van der Waals surface area contributed by atoms with Crippen LogP contribution in [0.4, 0.5) is 0 Å². The lowest BCUT2D eigenvalue weighted by molar-refractivity contribution is 0.0243. The van der Waals surface area contributed by atoms with Crippen molar-refractivity contribution in [1.29, 1.82) is 0 Å². The summed E-state index contributed by atoms with van der Waals surface area (Å²) in [6, 6.07) is 7.94. The van der Waals surface area contributed by atoms with Crippen LogP contribution in [0, 0.1) is 11.8 Å². The molecule has 1 aromatic carbocycles. The van der Waals surface area contributed by atoms with Crippen molar-refractivity contribution < 1.29 is 4.84 Å². The second kappa shape index (κ2) is 4.93. The van der Waals surface area contributed by atoms with Gasteiger partial charge in [0.1, 0.15) is 6.10 Å². The van der Waals surface area contributed by atoms with Crippen molar-refractivity contribution in [2.75, 3.05) is 0 Å². The molecule has 1 aromatic rings. The first-order valence-electron chi connectivity index (χ1n) is 6.75. The van der Waals surface area contributed by atoms with Crippen LogP contribution >= 0.6 is 11.6 Å². The highest BCUT2D eigenvalue weighted by atomic mass is 35.5. The number of oxime groups is 1. The number of hydrogen-bond acceptors (Lipinski definition) is 2. The molecule has 1 aliphatic carbocycles. The van der Waals surface area contributed by atoms with Crippen molar-refractivity contribution in [3.8, 4) is 0 Å². The molecular weight excluding hydrogens is 246 g/mol. The number of fused-ring (bicyclic) bond motifs is 1. The summed E-state index contributed by atoms with van der Waals surface area (Å²) >= 11 is 5.93. The molecule has 0 amide bonds. The van der Waals surface area contributed by atoms with Gasteiger partial charge >= 0.3 is 0 Å². The molecule has 2 aliphatic rings. The van der Waals surface area contributed by atoms with E-state index in [-0.39, 0.29) is 6.10 Å². The Hall–Kier alpha value is -1.02. The van der Waals surface area contributed by atoms with E-state index >= 15 is 0 Å². The van der Waals surface area contributed by atoms with Crippen LogP contribution in [0.15, 0.2) is 29.4 Å². The van der Waals surface area contributed by atoms with E-state index in [1.807, 2.05) is 24.3 Å². The van der Waals surface area contributed by atoms with E-state index < -0.39 is 0 Å². The highest BCUT2D eigenvalue weighted by Gasteiger charge is 2.39. The van der Waals surface area contributed by atoms with E-state index in [1.54, 1.807) is 0 Å². The third-order valence-corrected chi connectivity index (χ3v) is 4.40. The molecule has 0 bridgehead atoms. The molecule has 3 rings (SSSR count). The van der Waals surface area contributed by atoms with Gasteiger partial charge in [-0.3, -0.25) is 0 Å². The predicted molar refractivity (Wildman–Crippen MR) is 74.0 cm³/mol. The minimum Gasteiger partial charge on any atom is -0.391 e. The molecule has 1 aliphatic heterocycles. The molecule has 18 heavy (non-hydrogen) atoms. The maximum Gasteiger partial charge on any atom is 0.138 e. The van der Waals surface area contributed by atoms with E-state index in [1.165, 1.54) is 25.7 Å². The number of nitrogens with zero attached hydrogens (tertiary/aromatic N) is 1. The van der Waals surface area contributed by atoms with Gasteiger partial charge in [-0.1, -0.05) is 48.7 Å². The fourth-order valence-corrected chi connectivity index (χ4v) is 3.22. The topological polar surface area (TPSA) is 21.6 Å². The molecule has 0 spiro atoms. The van der Waals surface area contributed by atoms with Crippen molar-refractivity contribution >= 4 is 17.3 Å².